The Morgan fingerprint density at radius 1 is 0.606 bits per heavy atom. The summed E-state index contributed by atoms with van der Waals surface area (Å²) < 4.78 is 2.40. The Morgan fingerprint density at radius 3 is 1.85 bits per heavy atom. The molecule has 0 aliphatic rings. The molecule has 1 aromatic heterocycles. The molecule has 0 aliphatic heterocycles. The number of nitrogens with one attached hydrogen (secondary N) is 1. The maximum atomic E-state index is 3.75. The molecule has 5 aromatic rings. The van der Waals surface area contributed by atoms with E-state index in [2.05, 4.69) is 129 Å². The second kappa shape index (κ2) is 8.29. The molecule has 0 atom stereocenters. The molecule has 0 saturated heterocycles. The molecule has 0 bridgehead atoms. The van der Waals surface area contributed by atoms with E-state index in [4.69, 9.17) is 0 Å². The smallest absolute Gasteiger partial charge is 0.0556 e. The van der Waals surface area contributed by atoms with Crippen molar-refractivity contribution in [3.63, 3.8) is 0 Å². The lowest BCUT2D eigenvalue weighted by atomic mass is 10.1. The van der Waals surface area contributed by atoms with Crippen molar-refractivity contribution in [2.75, 3.05) is 5.32 Å². The molecule has 0 aliphatic carbocycles. The second-order valence-electron chi connectivity index (χ2n) is 9.27. The van der Waals surface area contributed by atoms with Crippen LogP contribution in [0.3, 0.4) is 0 Å². The fraction of sp³-hybridized carbons (Fsp3) is 0.161. The Morgan fingerprint density at radius 2 is 1.21 bits per heavy atom. The Bertz CT molecular complexity index is 1430. The second-order valence-corrected chi connectivity index (χ2v) is 9.27. The molecule has 0 fully saturated rings. The summed E-state index contributed by atoms with van der Waals surface area (Å²) in [7, 11) is 0. The lowest BCUT2D eigenvalue weighted by molar-refractivity contribution is 1.12. The van der Waals surface area contributed by atoms with Crippen molar-refractivity contribution in [3.05, 3.63) is 113 Å². The number of aromatic nitrogens is 1. The van der Waals surface area contributed by atoms with E-state index in [1.165, 1.54) is 55.7 Å². The van der Waals surface area contributed by atoms with Crippen LogP contribution in [0.15, 0.2) is 84.9 Å². The van der Waals surface area contributed by atoms with Gasteiger partial charge in [-0.3, -0.25) is 0 Å². The van der Waals surface area contributed by atoms with Gasteiger partial charge in [-0.2, -0.15) is 0 Å². The molecule has 0 amide bonds. The first-order valence-corrected chi connectivity index (χ1v) is 11.5. The van der Waals surface area contributed by atoms with Crippen LogP contribution in [0.2, 0.25) is 0 Å². The zero-order chi connectivity index (χ0) is 23.1. The number of hydrogen-bond acceptors (Lipinski definition) is 1. The standard InChI is InChI=1S/C31H30N2/c1-20-13-21(2)16-26(15-20)32-31-24(5)11-12-29-28(31)19-30(25-9-7-6-8-10-25)33(29)27-17-22(3)14-23(4)18-27/h6-19,32H,1-5H3. The first kappa shape index (κ1) is 21.1. The van der Waals surface area contributed by atoms with Gasteiger partial charge in [0.05, 0.1) is 16.9 Å². The van der Waals surface area contributed by atoms with Gasteiger partial charge in [0.25, 0.3) is 0 Å². The van der Waals surface area contributed by atoms with Gasteiger partial charge in [-0.1, -0.05) is 48.5 Å². The lowest BCUT2D eigenvalue weighted by Crippen LogP contribution is -1.99. The van der Waals surface area contributed by atoms with Crippen LogP contribution in [0, 0.1) is 34.6 Å². The molecule has 2 nitrogen and oxygen atoms in total. The van der Waals surface area contributed by atoms with Crippen LogP contribution >= 0.6 is 0 Å². The molecule has 164 valence electrons. The van der Waals surface area contributed by atoms with Crippen molar-refractivity contribution < 1.29 is 0 Å². The third kappa shape index (κ3) is 4.05. The van der Waals surface area contributed by atoms with Crippen molar-refractivity contribution >= 4 is 22.3 Å². The lowest BCUT2D eigenvalue weighted by Gasteiger charge is -2.15. The highest BCUT2D eigenvalue weighted by Crippen LogP contribution is 2.38. The summed E-state index contributed by atoms with van der Waals surface area (Å²) >= 11 is 0. The van der Waals surface area contributed by atoms with Crippen LogP contribution in [0.25, 0.3) is 27.8 Å². The molecule has 0 saturated carbocycles. The number of anilines is 2. The quantitative estimate of drug-likeness (QED) is 0.302. The highest BCUT2D eigenvalue weighted by atomic mass is 15.0. The average Bonchev–Trinajstić information content (AvgIpc) is 3.15. The Balaban J connectivity index is 1.79. The van der Waals surface area contributed by atoms with E-state index in [0.29, 0.717) is 0 Å². The highest BCUT2D eigenvalue weighted by molar-refractivity contribution is 6.00. The minimum absolute atomic E-state index is 1.13. The molecule has 0 spiro atoms. The average molecular weight is 431 g/mol. The van der Waals surface area contributed by atoms with E-state index < -0.39 is 0 Å². The SMILES string of the molecule is Cc1cc(C)cc(Nc2c(C)ccc3c2cc(-c2ccccc2)n3-c2cc(C)cc(C)c2)c1. The maximum absolute atomic E-state index is 3.75. The number of benzene rings is 4. The van der Waals surface area contributed by atoms with Crippen LogP contribution in [0.1, 0.15) is 27.8 Å². The third-order valence-corrected chi connectivity index (χ3v) is 6.22. The summed E-state index contributed by atoms with van der Waals surface area (Å²) in [6.07, 6.45) is 0. The zero-order valence-electron chi connectivity index (χ0n) is 20.0. The number of nitrogens with zero attached hydrogens (tertiary/aromatic N) is 1. The van der Waals surface area contributed by atoms with Gasteiger partial charge in [0, 0.05) is 16.8 Å². The predicted molar refractivity (Wildman–Crippen MR) is 142 cm³/mol. The van der Waals surface area contributed by atoms with Gasteiger partial charge in [-0.25, -0.2) is 0 Å². The van der Waals surface area contributed by atoms with Crippen LogP contribution in [-0.4, -0.2) is 4.57 Å². The number of rotatable bonds is 4. The Hall–Kier alpha value is -3.78. The number of fused-ring (bicyclic) bond motifs is 1. The van der Waals surface area contributed by atoms with Crippen molar-refractivity contribution in [2.45, 2.75) is 34.6 Å². The number of aryl methyl sites for hydroxylation is 5. The zero-order valence-corrected chi connectivity index (χ0v) is 20.0. The topological polar surface area (TPSA) is 17.0 Å². The van der Waals surface area contributed by atoms with E-state index in [0.717, 1.165) is 11.4 Å². The van der Waals surface area contributed by atoms with E-state index in [1.54, 1.807) is 0 Å². The van der Waals surface area contributed by atoms with E-state index in [1.807, 2.05) is 0 Å². The fourth-order valence-corrected chi connectivity index (χ4v) is 4.93. The van der Waals surface area contributed by atoms with Gasteiger partial charge >= 0.3 is 0 Å². The van der Waals surface area contributed by atoms with Gasteiger partial charge in [-0.05, 0) is 104 Å². The molecule has 1 N–H and O–H groups in total. The summed E-state index contributed by atoms with van der Waals surface area (Å²) in [5, 5.41) is 4.98. The minimum Gasteiger partial charge on any atom is -0.355 e. The van der Waals surface area contributed by atoms with Crippen molar-refractivity contribution in [2.24, 2.45) is 0 Å². The van der Waals surface area contributed by atoms with Crippen molar-refractivity contribution in [1.82, 2.24) is 4.57 Å². The summed E-state index contributed by atoms with van der Waals surface area (Å²) in [4.78, 5) is 0. The van der Waals surface area contributed by atoms with Crippen molar-refractivity contribution in [3.8, 4) is 16.9 Å². The molecular weight excluding hydrogens is 400 g/mol. The molecule has 1 heterocycles. The molecule has 33 heavy (non-hydrogen) atoms. The molecule has 5 rings (SSSR count). The van der Waals surface area contributed by atoms with Crippen LogP contribution in [-0.2, 0) is 0 Å². The third-order valence-electron chi connectivity index (χ3n) is 6.22. The predicted octanol–water partition coefficient (Wildman–Crippen LogP) is 8.58. The molecular formula is C31H30N2. The Kier molecular flexibility index (Phi) is 5.30. The van der Waals surface area contributed by atoms with Gasteiger partial charge < -0.3 is 9.88 Å². The van der Waals surface area contributed by atoms with E-state index in [9.17, 15) is 0 Å². The normalized spacial score (nSPS) is 11.2. The molecule has 4 aromatic carbocycles. The summed E-state index contributed by atoms with van der Waals surface area (Å²) in [5.41, 5.74) is 13.4. The van der Waals surface area contributed by atoms with Crippen LogP contribution in [0.4, 0.5) is 11.4 Å². The monoisotopic (exact) mass is 430 g/mol. The first-order valence-electron chi connectivity index (χ1n) is 11.5. The van der Waals surface area contributed by atoms with Gasteiger partial charge in [0.1, 0.15) is 0 Å². The number of hydrogen-bond donors (Lipinski definition) is 1. The summed E-state index contributed by atoms with van der Waals surface area (Å²) in [6.45, 7) is 10.8. The van der Waals surface area contributed by atoms with Crippen molar-refractivity contribution in [1.29, 1.82) is 0 Å². The Labute approximate surface area is 196 Å². The molecule has 0 radical (unpaired) electrons. The highest BCUT2D eigenvalue weighted by Gasteiger charge is 2.17. The summed E-state index contributed by atoms with van der Waals surface area (Å²) in [6, 6.07) is 30.9. The maximum Gasteiger partial charge on any atom is 0.0556 e. The van der Waals surface area contributed by atoms with Crippen LogP contribution < -0.4 is 5.32 Å². The first-order chi connectivity index (χ1) is 15.9. The molecule has 0 unspecified atom stereocenters. The van der Waals surface area contributed by atoms with E-state index >= 15 is 0 Å². The van der Waals surface area contributed by atoms with Gasteiger partial charge in [0.2, 0.25) is 0 Å². The fourth-order valence-electron chi connectivity index (χ4n) is 4.93. The minimum atomic E-state index is 1.13. The van der Waals surface area contributed by atoms with E-state index in [-0.39, 0.29) is 0 Å². The largest absolute Gasteiger partial charge is 0.355 e. The molecule has 2 heteroatoms. The van der Waals surface area contributed by atoms with Crippen LogP contribution in [0.5, 0.6) is 0 Å². The summed E-state index contributed by atoms with van der Waals surface area (Å²) in [5.74, 6) is 0. The van der Waals surface area contributed by atoms with Gasteiger partial charge in [0.15, 0.2) is 0 Å². The van der Waals surface area contributed by atoms with Gasteiger partial charge in [-0.15, -0.1) is 0 Å².